The first-order chi connectivity index (χ1) is 7.79. The SMILES string of the molecule is Cc1ccc(CN)c(Sc2ccccc2)n1. The fraction of sp³-hybridized carbons (Fsp3) is 0.154. The zero-order valence-electron chi connectivity index (χ0n) is 9.18. The Kier molecular flexibility index (Phi) is 3.59. The molecule has 0 bridgehead atoms. The van der Waals surface area contributed by atoms with Crippen LogP contribution in [0.5, 0.6) is 0 Å². The molecule has 0 aliphatic rings. The minimum atomic E-state index is 0.530. The maximum absolute atomic E-state index is 5.70. The lowest BCUT2D eigenvalue weighted by Crippen LogP contribution is -2.00. The maximum Gasteiger partial charge on any atom is 0.106 e. The van der Waals surface area contributed by atoms with E-state index in [0.717, 1.165) is 16.3 Å². The van der Waals surface area contributed by atoms with Crippen molar-refractivity contribution in [1.82, 2.24) is 4.98 Å². The second kappa shape index (κ2) is 5.14. The Morgan fingerprint density at radius 1 is 1.12 bits per heavy atom. The summed E-state index contributed by atoms with van der Waals surface area (Å²) in [6, 6.07) is 14.3. The Morgan fingerprint density at radius 3 is 2.56 bits per heavy atom. The molecule has 3 heteroatoms. The summed E-state index contributed by atoms with van der Waals surface area (Å²) in [5.41, 5.74) is 7.82. The summed E-state index contributed by atoms with van der Waals surface area (Å²) in [4.78, 5) is 5.71. The molecule has 0 aliphatic carbocycles. The largest absolute Gasteiger partial charge is 0.326 e. The summed E-state index contributed by atoms with van der Waals surface area (Å²) < 4.78 is 0. The average molecular weight is 230 g/mol. The lowest BCUT2D eigenvalue weighted by Gasteiger charge is -2.07. The monoisotopic (exact) mass is 230 g/mol. The van der Waals surface area contributed by atoms with E-state index in [2.05, 4.69) is 17.1 Å². The van der Waals surface area contributed by atoms with Crippen LogP contribution in [0.1, 0.15) is 11.3 Å². The molecule has 0 radical (unpaired) electrons. The molecule has 2 nitrogen and oxygen atoms in total. The van der Waals surface area contributed by atoms with Crippen LogP contribution in [0.15, 0.2) is 52.4 Å². The summed E-state index contributed by atoms with van der Waals surface area (Å²) in [5, 5.41) is 1.01. The van der Waals surface area contributed by atoms with Gasteiger partial charge in [0.05, 0.1) is 0 Å². The van der Waals surface area contributed by atoms with Gasteiger partial charge in [-0.25, -0.2) is 4.98 Å². The average Bonchev–Trinajstić information content (AvgIpc) is 2.31. The molecule has 0 saturated carbocycles. The van der Waals surface area contributed by atoms with Crippen LogP contribution in [0.3, 0.4) is 0 Å². The Hall–Kier alpha value is -1.32. The smallest absolute Gasteiger partial charge is 0.106 e. The molecule has 0 saturated heterocycles. The molecule has 2 N–H and O–H groups in total. The molecule has 0 amide bonds. The predicted molar refractivity (Wildman–Crippen MR) is 67.4 cm³/mol. The fourth-order valence-electron chi connectivity index (χ4n) is 1.41. The summed E-state index contributed by atoms with van der Waals surface area (Å²) in [6.45, 7) is 2.53. The molecule has 1 aromatic carbocycles. The molecule has 2 aromatic rings. The zero-order valence-corrected chi connectivity index (χ0v) is 10.00. The van der Waals surface area contributed by atoms with Crippen LogP contribution >= 0.6 is 11.8 Å². The molecule has 16 heavy (non-hydrogen) atoms. The minimum Gasteiger partial charge on any atom is -0.326 e. The van der Waals surface area contributed by atoms with Gasteiger partial charge in [0.15, 0.2) is 0 Å². The van der Waals surface area contributed by atoms with E-state index in [-0.39, 0.29) is 0 Å². The Bertz CT molecular complexity index is 469. The van der Waals surface area contributed by atoms with Crippen LogP contribution in [0, 0.1) is 6.92 Å². The van der Waals surface area contributed by atoms with Crippen molar-refractivity contribution in [1.29, 1.82) is 0 Å². The maximum atomic E-state index is 5.70. The number of nitrogens with zero attached hydrogens (tertiary/aromatic N) is 1. The third-order valence-corrected chi connectivity index (χ3v) is 3.31. The topological polar surface area (TPSA) is 38.9 Å². The second-order valence-electron chi connectivity index (χ2n) is 3.54. The summed E-state index contributed by atoms with van der Waals surface area (Å²) >= 11 is 1.66. The first-order valence-corrected chi connectivity index (χ1v) is 6.01. The van der Waals surface area contributed by atoms with Crippen LogP contribution in [-0.4, -0.2) is 4.98 Å². The minimum absolute atomic E-state index is 0.530. The molecule has 0 fully saturated rings. The molecular weight excluding hydrogens is 216 g/mol. The predicted octanol–water partition coefficient (Wildman–Crippen LogP) is 3.00. The Balaban J connectivity index is 2.30. The van der Waals surface area contributed by atoms with Crippen molar-refractivity contribution >= 4 is 11.8 Å². The molecule has 2 rings (SSSR count). The number of benzene rings is 1. The third kappa shape index (κ3) is 2.62. The lowest BCUT2D eigenvalue weighted by atomic mass is 10.2. The highest BCUT2D eigenvalue weighted by molar-refractivity contribution is 7.99. The van der Waals surface area contributed by atoms with Crippen LogP contribution < -0.4 is 5.73 Å². The van der Waals surface area contributed by atoms with E-state index in [1.54, 1.807) is 11.8 Å². The van der Waals surface area contributed by atoms with Gasteiger partial charge in [0.2, 0.25) is 0 Å². The third-order valence-electron chi connectivity index (χ3n) is 2.26. The van der Waals surface area contributed by atoms with Crippen molar-refractivity contribution in [2.45, 2.75) is 23.4 Å². The van der Waals surface area contributed by atoms with Gasteiger partial charge in [-0.05, 0) is 30.7 Å². The van der Waals surface area contributed by atoms with Crippen molar-refractivity contribution in [2.24, 2.45) is 5.73 Å². The second-order valence-corrected chi connectivity index (χ2v) is 4.60. The van der Waals surface area contributed by atoms with Crippen LogP contribution in [-0.2, 0) is 6.54 Å². The van der Waals surface area contributed by atoms with Crippen molar-refractivity contribution in [2.75, 3.05) is 0 Å². The summed E-state index contributed by atoms with van der Waals surface area (Å²) in [7, 11) is 0. The highest BCUT2D eigenvalue weighted by Crippen LogP contribution is 2.28. The summed E-state index contributed by atoms with van der Waals surface area (Å²) in [5.74, 6) is 0. The van der Waals surface area contributed by atoms with Crippen molar-refractivity contribution < 1.29 is 0 Å². The van der Waals surface area contributed by atoms with E-state index in [1.807, 2.05) is 37.3 Å². The first-order valence-electron chi connectivity index (χ1n) is 5.19. The van der Waals surface area contributed by atoms with E-state index >= 15 is 0 Å². The number of rotatable bonds is 3. The highest BCUT2D eigenvalue weighted by atomic mass is 32.2. The molecule has 1 heterocycles. The van der Waals surface area contributed by atoms with Gasteiger partial charge in [-0.3, -0.25) is 0 Å². The van der Waals surface area contributed by atoms with Crippen molar-refractivity contribution in [3.63, 3.8) is 0 Å². The van der Waals surface area contributed by atoms with Crippen LogP contribution in [0.25, 0.3) is 0 Å². The van der Waals surface area contributed by atoms with Crippen LogP contribution in [0.4, 0.5) is 0 Å². The van der Waals surface area contributed by atoms with E-state index in [9.17, 15) is 0 Å². The van der Waals surface area contributed by atoms with E-state index in [0.29, 0.717) is 6.54 Å². The molecule has 0 aliphatic heterocycles. The van der Waals surface area contributed by atoms with Gasteiger partial charge in [-0.2, -0.15) is 0 Å². The molecule has 0 atom stereocenters. The lowest BCUT2D eigenvalue weighted by molar-refractivity contribution is 0.941. The zero-order chi connectivity index (χ0) is 11.4. The van der Waals surface area contributed by atoms with Gasteiger partial charge in [0, 0.05) is 17.1 Å². The molecular formula is C13H14N2S. The quantitative estimate of drug-likeness (QED) is 0.881. The number of hydrogen-bond donors (Lipinski definition) is 1. The molecule has 82 valence electrons. The van der Waals surface area contributed by atoms with E-state index < -0.39 is 0 Å². The Labute approximate surface area is 99.9 Å². The number of aromatic nitrogens is 1. The molecule has 1 aromatic heterocycles. The van der Waals surface area contributed by atoms with E-state index in [1.165, 1.54) is 4.90 Å². The standard InChI is InChI=1S/C13H14N2S/c1-10-7-8-11(9-14)13(15-10)16-12-5-3-2-4-6-12/h2-8H,9,14H2,1H3. The van der Waals surface area contributed by atoms with Gasteiger partial charge in [-0.1, -0.05) is 36.0 Å². The van der Waals surface area contributed by atoms with Crippen LogP contribution in [0.2, 0.25) is 0 Å². The number of hydrogen-bond acceptors (Lipinski definition) is 3. The van der Waals surface area contributed by atoms with Crippen molar-refractivity contribution in [3.05, 3.63) is 53.7 Å². The van der Waals surface area contributed by atoms with Gasteiger partial charge in [0.25, 0.3) is 0 Å². The van der Waals surface area contributed by atoms with Gasteiger partial charge >= 0.3 is 0 Å². The van der Waals surface area contributed by atoms with E-state index in [4.69, 9.17) is 5.73 Å². The normalized spacial score (nSPS) is 10.4. The first kappa shape index (κ1) is 11.2. The Morgan fingerprint density at radius 2 is 1.88 bits per heavy atom. The highest BCUT2D eigenvalue weighted by Gasteiger charge is 2.04. The molecule has 0 spiro atoms. The van der Waals surface area contributed by atoms with Crippen molar-refractivity contribution in [3.8, 4) is 0 Å². The van der Waals surface area contributed by atoms with Gasteiger partial charge in [-0.15, -0.1) is 0 Å². The number of pyridine rings is 1. The number of nitrogens with two attached hydrogens (primary N) is 1. The number of aryl methyl sites for hydroxylation is 1. The summed E-state index contributed by atoms with van der Waals surface area (Å²) in [6.07, 6.45) is 0. The van der Waals surface area contributed by atoms with Gasteiger partial charge in [0.1, 0.15) is 5.03 Å². The molecule has 0 unspecified atom stereocenters. The van der Waals surface area contributed by atoms with Gasteiger partial charge < -0.3 is 5.73 Å². The fourth-order valence-corrected chi connectivity index (χ4v) is 2.39.